The van der Waals surface area contributed by atoms with Crippen LogP contribution in [0.3, 0.4) is 0 Å². The number of carbonyl (C=O) groups is 1. The van der Waals surface area contributed by atoms with Gasteiger partial charge in [0.15, 0.2) is 5.11 Å². The molecule has 1 atom stereocenters. The third-order valence-electron chi connectivity index (χ3n) is 5.05. The van der Waals surface area contributed by atoms with Crippen molar-refractivity contribution < 1.29 is 4.79 Å². The smallest absolute Gasteiger partial charge is 0.228 e. The number of aryl methyl sites for hydroxylation is 2. The fraction of sp³-hybridized carbons (Fsp3) is 0.652. The van der Waals surface area contributed by atoms with Crippen LogP contribution in [0.15, 0.2) is 18.2 Å². The summed E-state index contributed by atoms with van der Waals surface area (Å²) in [5.41, 5.74) is 3.06. The third kappa shape index (κ3) is 12.8. The van der Waals surface area contributed by atoms with E-state index in [1.54, 1.807) is 0 Å². The van der Waals surface area contributed by atoms with Crippen molar-refractivity contribution in [2.24, 2.45) is 0 Å². The van der Waals surface area contributed by atoms with Crippen molar-refractivity contribution in [3.05, 3.63) is 29.3 Å². The Balaban J connectivity index is 2.39. The summed E-state index contributed by atoms with van der Waals surface area (Å²) in [6, 6.07) is 5.97. The van der Waals surface area contributed by atoms with E-state index in [4.69, 9.17) is 47.0 Å². The lowest BCUT2D eigenvalue weighted by atomic mass is 10.1. The normalized spacial score (nSPS) is 12.3. The maximum absolute atomic E-state index is 12.3. The van der Waals surface area contributed by atoms with E-state index in [2.05, 4.69) is 22.9 Å². The van der Waals surface area contributed by atoms with Gasteiger partial charge in [-0.1, -0.05) is 111 Å². The molecule has 1 aromatic rings. The average Bonchev–Trinajstić information content (AvgIpc) is 2.67. The second-order valence-electron chi connectivity index (χ2n) is 8.04. The van der Waals surface area contributed by atoms with Gasteiger partial charge in [0.1, 0.15) is 6.17 Å². The first-order chi connectivity index (χ1) is 14.6. The van der Waals surface area contributed by atoms with Gasteiger partial charge >= 0.3 is 0 Å². The van der Waals surface area contributed by atoms with Gasteiger partial charge in [-0.2, -0.15) is 0 Å². The Morgan fingerprint density at radius 2 is 1.55 bits per heavy atom. The summed E-state index contributed by atoms with van der Waals surface area (Å²) < 4.78 is -1.75. The van der Waals surface area contributed by atoms with Gasteiger partial charge in [0.05, 0.1) is 0 Å². The molecule has 31 heavy (non-hydrogen) atoms. The molecular weight excluding hydrogens is 473 g/mol. The van der Waals surface area contributed by atoms with Crippen LogP contribution in [-0.4, -0.2) is 21.0 Å². The lowest BCUT2D eigenvalue weighted by Crippen LogP contribution is -2.56. The standard InChI is InChI=1S/C23H36Cl3N3OS/c1-4-5-6-7-8-9-10-11-12-13-20(30)28-21(23(24,25)26)29-22(31)27-19-15-14-17(2)16-18(19)3/h14-16,21H,4-13H2,1-3H3,(H,28,30)(H2,27,29,31). The van der Waals surface area contributed by atoms with Gasteiger partial charge < -0.3 is 16.0 Å². The van der Waals surface area contributed by atoms with Gasteiger partial charge in [-0.05, 0) is 44.1 Å². The molecule has 0 heterocycles. The molecule has 1 rings (SSSR count). The van der Waals surface area contributed by atoms with Crippen LogP contribution in [0, 0.1) is 13.8 Å². The molecule has 1 aromatic carbocycles. The van der Waals surface area contributed by atoms with E-state index in [-0.39, 0.29) is 11.0 Å². The number of halogens is 3. The molecule has 0 radical (unpaired) electrons. The lowest BCUT2D eigenvalue weighted by Gasteiger charge is -2.28. The minimum absolute atomic E-state index is 0.166. The van der Waals surface area contributed by atoms with E-state index in [1.165, 1.54) is 38.5 Å². The summed E-state index contributed by atoms with van der Waals surface area (Å²) in [5, 5.41) is 9.02. The Hall–Kier alpha value is -0.750. The number of benzene rings is 1. The van der Waals surface area contributed by atoms with E-state index in [0.717, 1.165) is 36.1 Å². The van der Waals surface area contributed by atoms with Crippen LogP contribution < -0.4 is 16.0 Å². The third-order valence-corrected chi connectivity index (χ3v) is 5.92. The molecule has 0 fully saturated rings. The summed E-state index contributed by atoms with van der Waals surface area (Å²) in [4.78, 5) is 12.3. The lowest BCUT2D eigenvalue weighted by molar-refractivity contribution is -0.122. The quantitative estimate of drug-likeness (QED) is 0.113. The number of alkyl halides is 3. The molecule has 0 aliphatic heterocycles. The van der Waals surface area contributed by atoms with Crippen molar-refractivity contribution in [2.75, 3.05) is 5.32 Å². The zero-order valence-electron chi connectivity index (χ0n) is 18.8. The second-order valence-corrected chi connectivity index (χ2v) is 10.8. The van der Waals surface area contributed by atoms with Crippen molar-refractivity contribution in [2.45, 2.75) is 94.9 Å². The largest absolute Gasteiger partial charge is 0.339 e. The van der Waals surface area contributed by atoms with Crippen molar-refractivity contribution in [3.63, 3.8) is 0 Å². The van der Waals surface area contributed by atoms with E-state index in [1.807, 2.05) is 32.0 Å². The molecule has 0 saturated heterocycles. The van der Waals surface area contributed by atoms with Gasteiger partial charge in [0, 0.05) is 12.1 Å². The topological polar surface area (TPSA) is 53.2 Å². The number of rotatable bonds is 13. The summed E-state index contributed by atoms with van der Waals surface area (Å²) >= 11 is 23.5. The van der Waals surface area contributed by atoms with Gasteiger partial charge in [0.2, 0.25) is 9.70 Å². The number of anilines is 1. The summed E-state index contributed by atoms with van der Waals surface area (Å²) in [6.45, 7) is 6.23. The number of hydrogen-bond acceptors (Lipinski definition) is 2. The molecule has 1 unspecified atom stereocenters. The Kier molecular flexibility index (Phi) is 13.8. The minimum Gasteiger partial charge on any atom is -0.339 e. The van der Waals surface area contributed by atoms with Crippen LogP contribution in [0.1, 0.15) is 82.3 Å². The van der Waals surface area contributed by atoms with Crippen LogP contribution in [0.5, 0.6) is 0 Å². The number of unbranched alkanes of at least 4 members (excludes halogenated alkanes) is 8. The molecule has 0 bridgehead atoms. The van der Waals surface area contributed by atoms with Crippen LogP contribution in [0.25, 0.3) is 0 Å². The zero-order valence-corrected chi connectivity index (χ0v) is 21.9. The highest BCUT2D eigenvalue weighted by Crippen LogP contribution is 2.29. The number of hydrogen-bond donors (Lipinski definition) is 3. The molecule has 0 spiro atoms. The molecule has 176 valence electrons. The van der Waals surface area contributed by atoms with E-state index in [9.17, 15) is 4.79 Å². The molecule has 8 heteroatoms. The summed E-state index contributed by atoms with van der Waals surface area (Å²) in [7, 11) is 0. The summed E-state index contributed by atoms with van der Waals surface area (Å²) in [5.74, 6) is -0.166. The number of thiocarbonyl (C=S) groups is 1. The second kappa shape index (κ2) is 15.2. The Morgan fingerprint density at radius 1 is 0.968 bits per heavy atom. The molecule has 4 nitrogen and oxygen atoms in total. The minimum atomic E-state index is -1.75. The van der Waals surface area contributed by atoms with Crippen LogP contribution in [-0.2, 0) is 4.79 Å². The van der Waals surface area contributed by atoms with Crippen molar-refractivity contribution in [1.29, 1.82) is 0 Å². The molecular formula is C23H36Cl3N3OS. The Labute approximate surface area is 208 Å². The highest BCUT2D eigenvalue weighted by molar-refractivity contribution is 7.80. The molecule has 0 saturated carbocycles. The van der Waals surface area contributed by atoms with Crippen LogP contribution in [0.4, 0.5) is 5.69 Å². The molecule has 3 N–H and O–H groups in total. The molecule has 0 aromatic heterocycles. The zero-order chi connectivity index (χ0) is 23.3. The average molecular weight is 509 g/mol. The van der Waals surface area contributed by atoms with Crippen molar-refractivity contribution in [3.8, 4) is 0 Å². The maximum Gasteiger partial charge on any atom is 0.228 e. The summed E-state index contributed by atoms with van der Waals surface area (Å²) in [6.07, 6.45) is 10.2. The Bertz CT molecular complexity index is 695. The molecule has 1 amide bonds. The predicted octanol–water partition coefficient (Wildman–Crippen LogP) is 7.32. The first-order valence-electron chi connectivity index (χ1n) is 11.1. The van der Waals surface area contributed by atoms with Gasteiger partial charge in [0.25, 0.3) is 0 Å². The van der Waals surface area contributed by atoms with E-state index in [0.29, 0.717) is 6.42 Å². The first-order valence-corrected chi connectivity index (χ1v) is 12.7. The maximum atomic E-state index is 12.3. The molecule has 0 aliphatic carbocycles. The fourth-order valence-electron chi connectivity index (χ4n) is 3.27. The van der Waals surface area contributed by atoms with Crippen LogP contribution >= 0.6 is 47.0 Å². The fourth-order valence-corrected chi connectivity index (χ4v) is 3.83. The van der Waals surface area contributed by atoms with Crippen molar-refractivity contribution in [1.82, 2.24) is 10.6 Å². The Morgan fingerprint density at radius 3 is 2.10 bits per heavy atom. The number of amides is 1. The van der Waals surface area contributed by atoms with Gasteiger partial charge in [-0.25, -0.2) is 0 Å². The number of carbonyl (C=O) groups excluding carboxylic acids is 1. The first kappa shape index (κ1) is 28.3. The number of nitrogens with one attached hydrogen (secondary N) is 3. The van der Waals surface area contributed by atoms with E-state index < -0.39 is 9.96 Å². The SMILES string of the molecule is CCCCCCCCCCCC(=O)NC(NC(=S)Nc1ccc(C)cc1C)C(Cl)(Cl)Cl. The predicted molar refractivity (Wildman–Crippen MR) is 139 cm³/mol. The molecule has 0 aliphatic rings. The van der Waals surface area contributed by atoms with E-state index >= 15 is 0 Å². The van der Waals surface area contributed by atoms with Crippen LogP contribution in [0.2, 0.25) is 0 Å². The highest BCUT2D eigenvalue weighted by Gasteiger charge is 2.34. The highest BCUT2D eigenvalue weighted by atomic mass is 35.6. The van der Waals surface area contributed by atoms with Gasteiger partial charge in [-0.15, -0.1) is 0 Å². The van der Waals surface area contributed by atoms with Crippen molar-refractivity contribution >= 4 is 63.7 Å². The van der Waals surface area contributed by atoms with Gasteiger partial charge in [-0.3, -0.25) is 4.79 Å². The monoisotopic (exact) mass is 507 g/mol.